The zero-order chi connectivity index (χ0) is 15.6. The molecule has 0 spiro atoms. The first kappa shape index (κ1) is 16.4. The van der Waals surface area contributed by atoms with Gasteiger partial charge in [-0.3, -0.25) is 0 Å². The molecule has 0 saturated heterocycles. The molecule has 0 aliphatic rings. The summed E-state index contributed by atoms with van der Waals surface area (Å²) in [7, 11) is 0. The SMILES string of the molecule is CC(C)NCc1cc(-c2c(F)ccc(Br)c2F)ccc1Cl. The summed E-state index contributed by atoms with van der Waals surface area (Å²) in [6.07, 6.45) is 0. The van der Waals surface area contributed by atoms with E-state index in [1.54, 1.807) is 18.2 Å². The molecule has 0 unspecified atom stereocenters. The highest BCUT2D eigenvalue weighted by Crippen LogP contribution is 2.32. The fraction of sp³-hybridized carbons (Fsp3) is 0.250. The van der Waals surface area contributed by atoms with Crippen molar-refractivity contribution < 1.29 is 8.78 Å². The van der Waals surface area contributed by atoms with Crippen LogP contribution in [0.25, 0.3) is 11.1 Å². The molecule has 0 heterocycles. The van der Waals surface area contributed by atoms with Gasteiger partial charge in [0.15, 0.2) is 0 Å². The van der Waals surface area contributed by atoms with Crippen LogP contribution in [0, 0.1) is 11.6 Å². The monoisotopic (exact) mass is 373 g/mol. The second-order valence-electron chi connectivity index (χ2n) is 5.06. The molecule has 0 aliphatic carbocycles. The number of halogens is 4. The van der Waals surface area contributed by atoms with Crippen molar-refractivity contribution in [2.24, 2.45) is 0 Å². The topological polar surface area (TPSA) is 12.0 Å². The summed E-state index contributed by atoms with van der Waals surface area (Å²) in [5, 5.41) is 3.81. The molecular weight excluding hydrogens is 360 g/mol. The Bertz CT molecular complexity index is 659. The van der Waals surface area contributed by atoms with Crippen LogP contribution in [-0.4, -0.2) is 6.04 Å². The van der Waals surface area contributed by atoms with Crippen molar-refractivity contribution in [3.8, 4) is 11.1 Å². The second-order valence-corrected chi connectivity index (χ2v) is 6.32. The van der Waals surface area contributed by atoms with Crippen LogP contribution in [0.4, 0.5) is 8.78 Å². The third-order valence-corrected chi connectivity index (χ3v) is 4.06. The van der Waals surface area contributed by atoms with E-state index in [-0.39, 0.29) is 10.0 Å². The number of hydrogen-bond donors (Lipinski definition) is 1. The first-order chi connectivity index (χ1) is 9.90. The van der Waals surface area contributed by atoms with Gasteiger partial charge in [0.2, 0.25) is 0 Å². The highest BCUT2D eigenvalue weighted by Gasteiger charge is 2.15. The van der Waals surface area contributed by atoms with E-state index >= 15 is 0 Å². The number of benzene rings is 2. The van der Waals surface area contributed by atoms with Crippen LogP contribution in [0.1, 0.15) is 19.4 Å². The van der Waals surface area contributed by atoms with E-state index in [9.17, 15) is 8.78 Å². The van der Waals surface area contributed by atoms with Gasteiger partial charge in [0.25, 0.3) is 0 Å². The molecule has 0 radical (unpaired) electrons. The van der Waals surface area contributed by atoms with Crippen LogP contribution in [0.5, 0.6) is 0 Å². The summed E-state index contributed by atoms with van der Waals surface area (Å²) in [6.45, 7) is 4.58. The minimum atomic E-state index is -0.611. The number of nitrogens with one attached hydrogen (secondary N) is 1. The van der Waals surface area contributed by atoms with Gasteiger partial charge in [-0.2, -0.15) is 0 Å². The molecule has 2 rings (SSSR count). The molecule has 21 heavy (non-hydrogen) atoms. The molecule has 0 aromatic heterocycles. The molecule has 0 fully saturated rings. The largest absolute Gasteiger partial charge is 0.310 e. The van der Waals surface area contributed by atoms with Gasteiger partial charge in [0.05, 0.1) is 10.0 Å². The van der Waals surface area contributed by atoms with Crippen molar-refractivity contribution in [3.05, 3.63) is 57.0 Å². The number of hydrogen-bond acceptors (Lipinski definition) is 1. The molecule has 1 nitrogen and oxygen atoms in total. The van der Waals surface area contributed by atoms with Gasteiger partial charge >= 0.3 is 0 Å². The fourth-order valence-corrected chi connectivity index (χ4v) is 2.49. The minimum absolute atomic E-state index is 0.0492. The highest BCUT2D eigenvalue weighted by atomic mass is 79.9. The van der Waals surface area contributed by atoms with Gasteiger partial charge in [0, 0.05) is 17.6 Å². The Morgan fingerprint density at radius 1 is 1.19 bits per heavy atom. The van der Waals surface area contributed by atoms with Crippen LogP contribution in [0.3, 0.4) is 0 Å². The van der Waals surface area contributed by atoms with Crippen molar-refractivity contribution in [1.29, 1.82) is 0 Å². The molecule has 0 amide bonds. The minimum Gasteiger partial charge on any atom is -0.310 e. The van der Waals surface area contributed by atoms with E-state index < -0.39 is 11.6 Å². The third-order valence-electron chi connectivity index (χ3n) is 3.08. The first-order valence-corrected chi connectivity index (χ1v) is 7.73. The Morgan fingerprint density at radius 3 is 2.57 bits per heavy atom. The molecule has 112 valence electrons. The van der Waals surface area contributed by atoms with Gasteiger partial charge in [-0.15, -0.1) is 0 Å². The standard InChI is InChI=1S/C16H15BrClF2N/c1-9(2)21-8-11-7-10(3-5-13(11)18)15-14(19)6-4-12(17)16(15)20/h3-7,9,21H,8H2,1-2H3. The van der Waals surface area contributed by atoms with E-state index in [1.165, 1.54) is 12.1 Å². The average molecular weight is 375 g/mol. The Labute approximate surface area is 136 Å². The molecule has 1 N–H and O–H groups in total. The predicted octanol–water partition coefficient (Wildman–Crippen LogP) is 5.55. The van der Waals surface area contributed by atoms with Crippen LogP contribution in [0.15, 0.2) is 34.8 Å². The zero-order valence-electron chi connectivity index (χ0n) is 11.7. The van der Waals surface area contributed by atoms with E-state index in [0.717, 1.165) is 5.56 Å². The maximum absolute atomic E-state index is 14.2. The lowest BCUT2D eigenvalue weighted by atomic mass is 10.0. The van der Waals surface area contributed by atoms with Gasteiger partial charge in [-0.05, 0) is 51.3 Å². The summed E-state index contributed by atoms with van der Waals surface area (Å²) < 4.78 is 28.3. The van der Waals surface area contributed by atoms with E-state index in [4.69, 9.17) is 11.6 Å². The molecular formula is C16H15BrClF2N. The van der Waals surface area contributed by atoms with Crippen molar-refractivity contribution in [2.45, 2.75) is 26.4 Å². The molecule has 2 aromatic rings. The molecule has 5 heteroatoms. The Hall–Kier alpha value is -0.970. The van der Waals surface area contributed by atoms with Crippen LogP contribution in [0.2, 0.25) is 5.02 Å². The summed E-state index contributed by atoms with van der Waals surface area (Å²) in [5.74, 6) is -1.21. The van der Waals surface area contributed by atoms with E-state index in [2.05, 4.69) is 21.2 Å². The second kappa shape index (κ2) is 6.86. The normalized spacial score (nSPS) is 11.2. The molecule has 2 aromatic carbocycles. The lowest BCUT2D eigenvalue weighted by Crippen LogP contribution is -2.22. The lowest BCUT2D eigenvalue weighted by Gasteiger charge is -2.12. The molecule has 0 aliphatic heterocycles. The Kier molecular flexibility index (Phi) is 5.36. The Morgan fingerprint density at radius 2 is 1.90 bits per heavy atom. The molecule has 0 saturated carbocycles. The average Bonchev–Trinajstić information content (AvgIpc) is 2.43. The van der Waals surface area contributed by atoms with E-state index in [1.807, 2.05) is 13.8 Å². The summed E-state index contributed by atoms with van der Waals surface area (Å²) in [6, 6.07) is 7.88. The van der Waals surface area contributed by atoms with Crippen molar-refractivity contribution in [2.75, 3.05) is 0 Å². The van der Waals surface area contributed by atoms with Crippen LogP contribution >= 0.6 is 27.5 Å². The van der Waals surface area contributed by atoms with Crippen LogP contribution in [-0.2, 0) is 6.54 Å². The molecule has 0 bridgehead atoms. The molecule has 0 atom stereocenters. The predicted molar refractivity (Wildman–Crippen MR) is 86.5 cm³/mol. The Balaban J connectivity index is 2.46. The highest BCUT2D eigenvalue weighted by molar-refractivity contribution is 9.10. The van der Waals surface area contributed by atoms with Gasteiger partial charge in [0.1, 0.15) is 11.6 Å². The number of rotatable bonds is 4. The third kappa shape index (κ3) is 3.82. The van der Waals surface area contributed by atoms with E-state index in [0.29, 0.717) is 23.2 Å². The maximum Gasteiger partial charge on any atom is 0.148 e. The van der Waals surface area contributed by atoms with Gasteiger partial charge in [-0.25, -0.2) is 8.78 Å². The van der Waals surface area contributed by atoms with Crippen molar-refractivity contribution >= 4 is 27.5 Å². The summed E-state index contributed by atoms with van der Waals surface area (Å²) in [4.78, 5) is 0. The fourth-order valence-electron chi connectivity index (χ4n) is 1.97. The van der Waals surface area contributed by atoms with Crippen molar-refractivity contribution in [3.63, 3.8) is 0 Å². The zero-order valence-corrected chi connectivity index (χ0v) is 14.0. The van der Waals surface area contributed by atoms with Gasteiger partial charge < -0.3 is 5.32 Å². The van der Waals surface area contributed by atoms with Crippen LogP contribution < -0.4 is 5.32 Å². The summed E-state index contributed by atoms with van der Waals surface area (Å²) in [5.41, 5.74) is 1.23. The maximum atomic E-state index is 14.2. The smallest absolute Gasteiger partial charge is 0.148 e. The van der Waals surface area contributed by atoms with Crippen molar-refractivity contribution in [1.82, 2.24) is 5.32 Å². The summed E-state index contributed by atoms with van der Waals surface area (Å²) >= 11 is 9.22. The first-order valence-electron chi connectivity index (χ1n) is 6.56. The lowest BCUT2D eigenvalue weighted by molar-refractivity contribution is 0.583. The van der Waals surface area contributed by atoms with Gasteiger partial charge in [-0.1, -0.05) is 31.5 Å². The quantitative estimate of drug-likeness (QED) is 0.692.